The molecule has 59 heavy (non-hydrogen) atoms. The van der Waals surface area contributed by atoms with Gasteiger partial charge in [-0.2, -0.15) is 0 Å². The molecule has 0 aliphatic heterocycles. The molecule has 8 rings (SSSR count). The average Bonchev–Trinajstić information content (AvgIpc) is 4.14. The average molecular weight is 807 g/mol. The molecule has 0 heterocycles. The molecule has 0 aromatic heterocycles. The van der Waals surface area contributed by atoms with Crippen LogP contribution in [-0.4, -0.2) is 57.0 Å². The van der Waals surface area contributed by atoms with E-state index in [2.05, 4.69) is 89.5 Å². The van der Waals surface area contributed by atoms with E-state index in [0.29, 0.717) is 83.9 Å². The predicted molar refractivity (Wildman–Crippen MR) is 240 cm³/mol. The van der Waals surface area contributed by atoms with Crippen molar-refractivity contribution < 1.29 is 25.2 Å². The van der Waals surface area contributed by atoms with Gasteiger partial charge in [0.15, 0.2) is 0 Å². The highest BCUT2D eigenvalue weighted by atomic mass is 16.5. The molecule has 5 heteroatoms. The molecular weight excluding hydrogens is 729 g/mol. The third-order valence-corrected chi connectivity index (χ3v) is 17.6. The van der Waals surface area contributed by atoms with Crippen molar-refractivity contribution in [2.75, 3.05) is 0 Å². The molecule has 14 atom stereocenters. The second-order valence-corrected chi connectivity index (χ2v) is 21.6. The van der Waals surface area contributed by atoms with Crippen LogP contribution in [0.25, 0.3) is 0 Å². The van der Waals surface area contributed by atoms with E-state index in [0.717, 1.165) is 35.1 Å². The fourth-order valence-corrected chi connectivity index (χ4v) is 13.7. The van der Waals surface area contributed by atoms with Crippen molar-refractivity contribution in [2.24, 2.45) is 58.2 Å². The van der Waals surface area contributed by atoms with Gasteiger partial charge in [-0.05, 0) is 183 Å². The number of aliphatic hydroxyl groups excluding tert-OH is 4. The minimum atomic E-state index is -0.638. The van der Waals surface area contributed by atoms with E-state index < -0.39 is 24.4 Å². The van der Waals surface area contributed by atoms with Gasteiger partial charge in [0.05, 0.1) is 36.6 Å². The summed E-state index contributed by atoms with van der Waals surface area (Å²) in [5.74, 6) is 4.82. The largest absolute Gasteiger partial charge is 0.393 e. The van der Waals surface area contributed by atoms with Crippen LogP contribution in [-0.2, 0) is 4.74 Å². The van der Waals surface area contributed by atoms with Gasteiger partial charge < -0.3 is 25.2 Å². The van der Waals surface area contributed by atoms with E-state index in [-0.39, 0.29) is 12.2 Å². The summed E-state index contributed by atoms with van der Waals surface area (Å²) in [6, 6.07) is 0. The first kappa shape index (κ1) is 43.4. The minimum absolute atomic E-state index is 0.201. The molecule has 8 saturated carbocycles. The van der Waals surface area contributed by atoms with Crippen molar-refractivity contribution in [1.82, 2.24) is 0 Å². The molecule has 0 spiro atoms. The van der Waals surface area contributed by atoms with Crippen molar-refractivity contribution in [2.45, 2.75) is 180 Å². The second kappa shape index (κ2) is 17.8. The van der Waals surface area contributed by atoms with Gasteiger partial charge in [0.1, 0.15) is 0 Å². The number of ether oxygens (including phenoxy) is 1. The summed E-state index contributed by atoms with van der Waals surface area (Å²) in [6.07, 6.45) is 36.7. The van der Waals surface area contributed by atoms with Crippen LogP contribution in [0.5, 0.6) is 0 Å². The van der Waals surface area contributed by atoms with Crippen molar-refractivity contribution in [1.29, 1.82) is 0 Å². The second-order valence-electron chi connectivity index (χ2n) is 21.6. The fourth-order valence-electron chi connectivity index (χ4n) is 13.7. The molecule has 0 saturated heterocycles. The summed E-state index contributed by atoms with van der Waals surface area (Å²) in [5.41, 5.74) is 7.28. The Kier molecular flexibility index (Phi) is 13.1. The first-order valence-corrected chi connectivity index (χ1v) is 24.2. The van der Waals surface area contributed by atoms with Gasteiger partial charge in [0.2, 0.25) is 0 Å². The van der Waals surface area contributed by atoms with E-state index in [9.17, 15) is 20.4 Å². The molecule has 4 N–H and O–H groups in total. The van der Waals surface area contributed by atoms with E-state index in [4.69, 9.17) is 4.74 Å². The zero-order valence-corrected chi connectivity index (χ0v) is 37.0. The van der Waals surface area contributed by atoms with E-state index in [1.807, 2.05) is 0 Å². The highest BCUT2D eigenvalue weighted by Crippen LogP contribution is 2.61. The van der Waals surface area contributed by atoms with Gasteiger partial charge in [-0.3, -0.25) is 0 Å². The molecule has 0 amide bonds. The molecule has 0 unspecified atom stereocenters. The number of allylic oxidation sites excluding steroid dienone is 8. The van der Waals surface area contributed by atoms with Crippen LogP contribution < -0.4 is 0 Å². The molecule has 8 aliphatic rings. The van der Waals surface area contributed by atoms with Crippen LogP contribution in [0.3, 0.4) is 0 Å². The Hall–Kier alpha value is -2.28. The van der Waals surface area contributed by atoms with Gasteiger partial charge in [-0.15, -0.1) is 0 Å². The summed E-state index contributed by atoms with van der Waals surface area (Å²) < 4.78 is 7.16. The smallest absolute Gasteiger partial charge is 0.0811 e. The molecule has 8 aliphatic carbocycles. The Morgan fingerprint density at radius 2 is 0.983 bits per heavy atom. The minimum Gasteiger partial charge on any atom is -0.393 e. The van der Waals surface area contributed by atoms with E-state index in [1.54, 1.807) is 11.1 Å². The van der Waals surface area contributed by atoms with Crippen molar-refractivity contribution in [3.63, 3.8) is 0 Å². The lowest BCUT2D eigenvalue weighted by Gasteiger charge is -2.44. The Bertz CT molecular complexity index is 1630. The monoisotopic (exact) mass is 807 g/mol. The molecule has 0 aromatic carbocycles. The molecule has 0 radical (unpaired) electrons. The first-order valence-electron chi connectivity index (χ1n) is 24.2. The summed E-state index contributed by atoms with van der Waals surface area (Å²) in [6.45, 7) is 18.4. The Balaban J connectivity index is 0.904. The summed E-state index contributed by atoms with van der Waals surface area (Å²) in [7, 11) is 0. The fraction of sp³-hybridized carbons (Fsp3) is 0.704. The maximum Gasteiger partial charge on any atom is 0.0811 e. The quantitative estimate of drug-likeness (QED) is 0.148. The Morgan fingerprint density at radius 1 is 0.576 bits per heavy atom. The van der Waals surface area contributed by atoms with E-state index >= 15 is 0 Å². The number of hydrogen-bond donors (Lipinski definition) is 4. The van der Waals surface area contributed by atoms with Crippen LogP contribution in [0, 0.1) is 58.2 Å². The highest BCUT2D eigenvalue weighted by Gasteiger charge is 2.52. The maximum absolute atomic E-state index is 10.4. The van der Waals surface area contributed by atoms with Gasteiger partial charge in [0.25, 0.3) is 0 Å². The maximum atomic E-state index is 10.4. The van der Waals surface area contributed by atoms with Crippen LogP contribution >= 0.6 is 0 Å². The van der Waals surface area contributed by atoms with Gasteiger partial charge in [-0.1, -0.05) is 101 Å². The summed E-state index contributed by atoms with van der Waals surface area (Å²) in [5, 5.41) is 41.4. The Morgan fingerprint density at radius 3 is 1.37 bits per heavy atom. The normalized spacial score (nSPS) is 42.9. The van der Waals surface area contributed by atoms with Gasteiger partial charge >= 0.3 is 0 Å². The lowest BCUT2D eigenvalue weighted by Crippen LogP contribution is -2.35. The number of hydrogen-bond acceptors (Lipinski definition) is 5. The topological polar surface area (TPSA) is 90.2 Å². The molecule has 8 fully saturated rings. The number of aliphatic hydroxyl groups is 4. The van der Waals surface area contributed by atoms with Crippen LogP contribution in [0.2, 0.25) is 0 Å². The van der Waals surface area contributed by atoms with Crippen LogP contribution in [0.1, 0.15) is 143 Å². The summed E-state index contributed by atoms with van der Waals surface area (Å²) >= 11 is 0. The number of rotatable bonds is 12. The summed E-state index contributed by atoms with van der Waals surface area (Å²) in [4.78, 5) is 0. The van der Waals surface area contributed by atoms with Crippen LogP contribution in [0.15, 0.2) is 95.2 Å². The zero-order valence-electron chi connectivity index (χ0n) is 37.0. The zero-order chi connectivity index (χ0) is 41.6. The molecule has 5 nitrogen and oxygen atoms in total. The number of fused-ring (bicyclic) bond motifs is 2. The molecular formula is C54H78O5. The first-order chi connectivity index (χ1) is 28.2. The molecule has 324 valence electrons. The highest BCUT2D eigenvalue weighted by molar-refractivity contribution is 5.40. The lowest BCUT2D eigenvalue weighted by molar-refractivity contribution is 0.0164. The SMILES string of the molecule is C=C1/C(=C\C=C2/CCC[C@]3(C)[C@@H]([C@H](C)/C=C/[C@@H](O[C@H](/C=C/[C@@H](C)[C@H]4CC[C@H]5/C(=C/C=C6/C[C@@H](O)C[C@H](O)C6=C)CCC[C@]45C)C4CC4)C4CC4)CC[C@@H]23)C[C@@H](O)C[C@@H]1O. The van der Waals surface area contributed by atoms with Crippen molar-refractivity contribution in [3.05, 3.63) is 95.2 Å². The van der Waals surface area contributed by atoms with Gasteiger partial charge in [0, 0.05) is 12.8 Å². The van der Waals surface area contributed by atoms with Crippen molar-refractivity contribution >= 4 is 0 Å². The Labute approximate surface area is 357 Å². The van der Waals surface area contributed by atoms with Crippen LogP contribution in [0.4, 0.5) is 0 Å². The van der Waals surface area contributed by atoms with Gasteiger partial charge in [-0.25, -0.2) is 0 Å². The lowest BCUT2D eigenvalue weighted by atomic mass is 9.61. The van der Waals surface area contributed by atoms with Crippen molar-refractivity contribution in [3.8, 4) is 0 Å². The molecule has 0 bridgehead atoms. The standard InChI is InChI=1S/C54H78O5/c1-33(45-21-23-47-37(9-7-27-53(45,47)5)13-19-41-29-43(55)31-49(57)35(41)3)11-25-51(39-15-16-39)59-52(40-17-18-40)26-12-34(2)46-22-24-48-38(10-8-28-54(46,48)6)14-20-42-30-44(56)32-50(58)36(42)4/h11-14,19-20,25-26,33-34,39-40,43-52,55-58H,3-4,7-10,15-18,21-24,27-32H2,1-2,5-6H3/b25-11+,26-12+,37-13+,38-14+,41-19-,42-20-/t33-,34-,43-,44-,45-,46-,47+,48+,49+,50+,51-,52-,53-,54-/m1/s1. The predicted octanol–water partition coefficient (Wildman–Crippen LogP) is 11.2. The third-order valence-electron chi connectivity index (χ3n) is 17.6. The van der Waals surface area contributed by atoms with E-state index in [1.165, 1.54) is 77.0 Å². The molecule has 0 aromatic rings. The third kappa shape index (κ3) is 9.27.